The molecule has 0 saturated carbocycles. The molecule has 0 aliphatic carbocycles. The smallest absolute Gasteiger partial charge is 0.263 e. The number of nitrogens with one attached hydrogen (secondary N) is 2. The highest BCUT2D eigenvalue weighted by Gasteiger charge is 2.24. The topological polar surface area (TPSA) is 71.1 Å². The van der Waals surface area contributed by atoms with E-state index in [0.29, 0.717) is 17.2 Å². The lowest BCUT2D eigenvalue weighted by atomic mass is 9.98. The van der Waals surface area contributed by atoms with E-state index in [-0.39, 0.29) is 17.2 Å². The molecule has 6 heteroatoms. The molecule has 1 aromatic heterocycles. The molecule has 1 rings (SSSR count). The van der Waals surface area contributed by atoms with Crippen LogP contribution >= 0.6 is 11.3 Å². The molecule has 2 N–H and O–H groups in total. The summed E-state index contributed by atoms with van der Waals surface area (Å²) in [7, 11) is 1.58. The van der Waals surface area contributed by atoms with Gasteiger partial charge < -0.3 is 10.6 Å². The zero-order chi connectivity index (χ0) is 16.2. The number of carbonyl (C=O) groups excluding carboxylic acids is 2. The molecule has 118 valence electrons. The van der Waals surface area contributed by atoms with Crippen LogP contribution in [-0.4, -0.2) is 29.9 Å². The normalized spacial score (nSPS) is 13.1. The largest absolute Gasteiger partial charge is 0.357 e. The first-order valence-corrected chi connectivity index (χ1v) is 7.95. The maximum atomic E-state index is 12.3. The maximum absolute atomic E-state index is 12.3. The Bertz CT molecular complexity index is 503. The van der Waals surface area contributed by atoms with E-state index in [1.54, 1.807) is 13.2 Å². The van der Waals surface area contributed by atoms with E-state index < -0.39 is 6.04 Å². The number of aromatic nitrogens is 1. The van der Waals surface area contributed by atoms with Gasteiger partial charge in [0.1, 0.15) is 10.9 Å². The molecule has 21 heavy (non-hydrogen) atoms. The standard InChI is InChI=1S/C15H25N3O2S/c1-9(2)7-10(12(19)16-6)18-13(20)11-8-17-14(21-11)15(3,4)5/h8-10H,7H2,1-6H3,(H,16,19)(H,18,20)/t10-/m1/s1. The minimum Gasteiger partial charge on any atom is -0.357 e. The van der Waals surface area contributed by atoms with Crippen molar-refractivity contribution < 1.29 is 9.59 Å². The fourth-order valence-corrected chi connectivity index (χ4v) is 2.71. The SMILES string of the molecule is CNC(=O)[C@@H](CC(C)C)NC(=O)c1cnc(C(C)(C)C)s1. The molecular formula is C15H25N3O2S. The third kappa shape index (κ3) is 5.12. The summed E-state index contributed by atoms with van der Waals surface area (Å²) in [6.45, 7) is 10.2. The van der Waals surface area contributed by atoms with Gasteiger partial charge in [0.25, 0.3) is 5.91 Å². The summed E-state index contributed by atoms with van der Waals surface area (Å²) in [5, 5.41) is 6.30. The third-order valence-electron chi connectivity index (χ3n) is 2.95. The lowest BCUT2D eigenvalue weighted by molar-refractivity contribution is -0.122. The van der Waals surface area contributed by atoms with E-state index in [9.17, 15) is 9.59 Å². The van der Waals surface area contributed by atoms with Crippen LogP contribution in [-0.2, 0) is 10.2 Å². The molecule has 0 spiro atoms. The number of thiazole rings is 1. The van der Waals surface area contributed by atoms with Crippen LogP contribution in [0.3, 0.4) is 0 Å². The van der Waals surface area contributed by atoms with Crippen LogP contribution in [0.5, 0.6) is 0 Å². The molecule has 0 unspecified atom stereocenters. The van der Waals surface area contributed by atoms with Crippen molar-refractivity contribution in [2.75, 3.05) is 7.05 Å². The lowest BCUT2D eigenvalue weighted by Crippen LogP contribution is -2.46. The summed E-state index contributed by atoms with van der Waals surface area (Å²) in [6.07, 6.45) is 2.19. The zero-order valence-corrected chi connectivity index (χ0v) is 14.4. The van der Waals surface area contributed by atoms with E-state index in [4.69, 9.17) is 0 Å². The molecule has 1 aromatic rings. The minimum atomic E-state index is -0.511. The average Bonchev–Trinajstić information content (AvgIpc) is 2.85. The van der Waals surface area contributed by atoms with Gasteiger partial charge in [-0.05, 0) is 12.3 Å². The van der Waals surface area contributed by atoms with Crippen LogP contribution in [0.4, 0.5) is 0 Å². The van der Waals surface area contributed by atoms with E-state index >= 15 is 0 Å². The highest BCUT2D eigenvalue weighted by molar-refractivity contribution is 7.13. The number of rotatable bonds is 5. The predicted octanol–water partition coefficient (Wildman–Crippen LogP) is 2.33. The highest BCUT2D eigenvalue weighted by Crippen LogP contribution is 2.26. The zero-order valence-electron chi connectivity index (χ0n) is 13.6. The summed E-state index contributed by atoms with van der Waals surface area (Å²) in [6, 6.07) is -0.511. The minimum absolute atomic E-state index is 0.0820. The second kappa shape index (κ2) is 7.02. The molecule has 0 radical (unpaired) electrons. The molecule has 0 saturated heterocycles. The van der Waals surface area contributed by atoms with E-state index in [1.165, 1.54) is 11.3 Å². The van der Waals surface area contributed by atoms with E-state index in [1.807, 2.05) is 13.8 Å². The van der Waals surface area contributed by atoms with Gasteiger partial charge in [-0.1, -0.05) is 34.6 Å². The van der Waals surface area contributed by atoms with Crippen molar-refractivity contribution in [3.8, 4) is 0 Å². The van der Waals surface area contributed by atoms with Gasteiger partial charge >= 0.3 is 0 Å². The highest BCUT2D eigenvalue weighted by atomic mass is 32.1. The third-order valence-corrected chi connectivity index (χ3v) is 4.37. The van der Waals surface area contributed by atoms with Crippen molar-refractivity contribution in [2.24, 2.45) is 5.92 Å². The number of nitrogens with zero attached hydrogens (tertiary/aromatic N) is 1. The summed E-state index contributed by atoms with van der Waals surface area (Å²) in [5.41, 5.74) is -0.0820. The summed E-state index contributed by atoms with van der Waals surface area (Å²) in [5.74, 6) is -0.0888. The molecule has 1 atom stereocenters. The molecule has 0 bridgehead atoms. The van der Waals surface area contributed by atoms with Crippen LogP contribution in [0.15, 0.2) is 6.20 Å². The second-order valence-electron chi connectivity index (χ2n) is 6.55. The Balaban J connectivity index is 2.82. The summed E-state index contributed by atoms with van der Waals surface area (Å²) in [4.78, 5) is 29.0. The number of hydrogen-bond acceptors (Lipinski definition) is 4. The van der Waals surface area contributed by atoms with Gasteiger partial charge in [-0.25, -0.2) is 4.98 Å². The molecule has 2 amide bonds. The Labute approximate surface area is 130 Å². The van der Waals surface area contributed by atoms with Gasteiger partial charge in [-0.3, -0.25) is 9.59 Å². The van der Waals surface area contributed by atoms with Crippen LogP contribution in [0.1, 0.15) is 55.7 Å². The Hall–Kier alpha value is -1.43. The van der Waals surface area contributed by atoms with Gasteiger partial charge in [-0.15, -0.1) is 11.3 Å². The van der Waals surface area contributed by atoms with Gasteiger partial charge in [0, 0.05) is 12.5 Å². The number of hydrogen-bond donors (Lipinski definition) is 2. The lowest BCUT2D eigenvalue weighted by Gasteiger charge is -2.18. The molecule has 5 nitrogen and oxygen atoms in total. The van der Waals surface area contributed by atoms with Crippen LogP contribution in [0.25, 0.3) is 0 Å². The first kappa shape index (κ1) is 17.6. The van der Waals surface area contributed by atoms with Crippen molar-refractivity contribution in [1.29, 1.82) is 0 Å². The predicted molar refractivity (Wildman–Crippen MR) is 85.6 cm³/mol. The number of likely N-dealkylation sites (N-methyl/N-ethyl adjacent to an activating group) is 1. The van der Waals surface area contributed by atoms with Crippen molar-refractivity contribution >= 4 is 23.2 Å². The first-order chi connectivity index (χ1) is 9.65. The van der Waals surface area contributed by atoms with Gasteiger partial charge in [-0.2, -0.15) is 0 Å². The van der Waals surface area contributed by atoms with Gasteiger partial charge in [0.2, 0.25) is 5.91 Å². The summed E-state index contributed by atoms with van der Waals surface area (Å²) < 4.78 is 0. The Morgan fingerprint density at radius 1 is 1.33 bits per heavy atom. The monoisotopic (exact) mass is 311 g/mol. The Kier molecular flexibility index (Phi) is 5.89. The van der Waals surface area contributed by atoms with Crippen molar-refractivity contribution in [3.05, 3.63) is 16.1 Å². The molecule has 0 fully saturated rings. The number of amides is 2. The quantitative estimate of drug-likeness (QED) is 0.876. The fourth-order valence-electron chi connectivity index (χ4n) is 1.83. The molecule has 0 aliphatic heterocycles. The number of carbonyl (C=O) groups is 2. The Morgan fingerprint density at radius 3 is 2.38 bits per heavy atom. The van der Waals surface area contributed by atoms with Gasteiger partial charge in [0.15, 0.2) is 0 Å². The van der Waals surface area contributed by atoms with E-state index in [0.717, 1.165) is 5.01 Å². The Morgan fingerprint density at radius 2 is 1.95 bits per heavy atom. The van der Waals surface area contributed by atoms with Crippen molar-refractivity contribution in [2.45, 2.75) is 52.5 Å². The van der Waals surface area contributed by atoms with Crippen LogP contribution < -0.4 is 10.6 Å². The van der Waals surface area contributed by atoms with Gasteiger partial charge in [0.05, 0.1) is 11.2 Å². The first-order valence-electron chi connectivity index (χ1n) is 7.14. The van der Waals surface area contributed by atoms with Crippen LogP contribution in [0.2, 0.25) is 0 Å². The molecule has 1 heterocycles. The van der Waals surface area contributed by atoms with Crippen LogP contribution in [0, 0.1) is 5.92 Å². The molecular weight excluding hydrogens is 286 g/mol. The second-order valence-corrected chi connectivity index (χ2v) is 7.58. The van der Waals surface area contributed by atoms with Crippen molar-refractivity contribution in [1.82, 2.24) is 15.6 Å². The molecule has 0 aliphatic rings. The molecule has 0 aromatic carbocycles. The van der Waals surface area contributed by atoms with E-state index in [2.05, 4.69) is 36.4 Å². The summed E-state index contributed by atoms with van der Waals surface area (Å²) >= 11 is 1.37. The van der Waals surface area contributed by atoms with Crippen molar-refractivity contribution in [3.63, 3.8) is 0 Å². The maximum Gasteiger partial charge on any atom is 0.263 e. The average molecular weight is 311 g/mol. The fraction of sp³-hybridized carbons (Fsp3) is 0.667.